The SMILES string of the molecule is CC1(C)c2ccccc2-c2ccc(N(c3cccc(-c4ccc5sc6ccccc6c5c4)c3)c3cc4c5ccccc5c5ccccc5c4cc3-c3ccc4sc5ccccc5c4c3)cc21. The number of anilines is 3. The van der Waals surface area contributed by atoms with Crippen molar-refractivity contribution in [3.63, 3.8) is 0 Å². The number of rotatable bonds is 5. The summed E-state index contributed by atoms with van der Waals surface area (Å²) in [6, 6.07) is 80.1. The molecule has 2 aromatic heterocycles. The summed E-state index contributed by atoms with van der Waals surface area (Å²) in [7, 11) is 0. The van der Waals surface area contributed by atoms with Gasteiger partial charge in [0, 0.05) is 62.7 Å². The van der Waals surface area contributed by atoms with Crippen molar-refractivity contribution in [1.29, 1.82) is 0 Å². The minimum atomic E-state index is -0.166. The Hall–Kier alpha value is -7.56. The molecule has 3 heteroatoms. The third-order valence-corrected chi connectivity index (χ3v) is 16.7. The summed E-state index contributed by atoms with van der Waals surface area (Å²) in [6.07, 6.45) is 0. The minimum absolute atomic E-state index is 0.166. The highest BCUT2D eigenvalue weighted by Crippen LogP contribution is 2.53. The van der Waals surface area contributed by atoms with Crippen LogP contribution in [0.5, 0.6) is 0 Å². The van der Waals surface area contributed by atoms with E-state index in [0.717, 1.165) is 17.1 Å². The first-order valence-electron chi connectivity index (χ1n) is 22.8. The summed E-state index contributed by atoms with van der Waals surface area (Å²) in [5.41, 5.74) is 13.4. The van der Waals surface area contributed by atoms with Gasteiger partial charge >= 0.3 is 0 Å². The lowest BCUT2D eigenvalue weighted by Crippen LogP contribution is -2.17. The van der Waals surface area contributed by atoms with E-state index in [2.05, 4.69) is 231 Å². The van der Waals surface area contributed by atoms with Gasteiger partial charge in [0.05, 0.1) is 5.69 Å². The molecule has 1 nitrogen and oxygen atoms in total. The van der Waals surface area contributed by atoms with Crippen LogP contribution in [0.25, 0.3) is 106 Å². The van der Waals surface area contributed by atoms with E-state index in [1.165, 1.54) is 117 Å². The van der Waals surface area contributed by atoms with E-state index in [4.69, 9.17) is 0 Å². The average Bonchev–Trinajstić information content (AvgIpc) is 4.01. The third kappa shape index (κ3) is 5.57. The number of hydrogen-bond donors (Lipinski definition) is 0. The molecule has 2 heterocycles. The normalized spacial score (nSPS) is 13.1. The first kappa shape index (κ1) is 37.8. The molecule has 0 fully saturated rings. The largest absolute Gasteiger partial charge is 0.310 e. The molecule has 11 aromatic carbocycles. The van der Waals surface area contributed by atoms with Gasteiger partial charge in [0.1, 0.15) is 0 Å². The lowest BCUT2D eigenvalue weighted by atomic mass is 9.82. The molecule has 0 amide bonds. The Bertz CT molecular complexity index is 4170. The van der Waals surface area contributed by atoms with Crippen LogP contribution in [-0.4, -0.2) is 0 Å². The summed E-state index contributed by atoms with van der Waals surface area (Å²) >= 11 is 3.74. The standard InChI is InChI=1S/C63H41NS2/c1-63(2)56-23-10-7-20-47(56)48-29-28-42(35-57(48)63)64(41-15-13-14-38(32-41)39-26-30-61-54(33-39)49-21-8-11-24-59(49)65-61)58-37-53-46-19-6-4-17-44(46)43-16-3-5-18-45(43)52(53)36-51(58)40-27-31-62-55(34-40)50-22-9-12-25-60(50)66-62/h3-37H,1-2H3. The van der Waals surface area contributed by atoms with E-state index in [0.29, 0.717) is 0 Å². The van der Waals surface area contributed by atoms with Gasteiger partial charge in [0.15, 0.2) is 0 Å². The van der Waals surface area contributed by atoms with Gasteiger partial charge in [-0.1, -0.05) is 153 Å². The van der Waals surface area contributed by atoms with E-state index >= 15 is 0 Å². The van der Waals surface area contributed by atoms with Gasteiger partial charge in [-0.05, 0) is 144 Å². The van der Waals surface area contributed by atoms with Crippen molar-refractivity contribution in [3.8, 4) is 33.4 Å². The lowest BCUT2D eigenvalue weighted by Gasteiger charge is -2.31. The zero-order valence-electron chi connectivity index (χ0n) is 36.5. The molecular formula is C63H41NS2. The van der Waals surface area contributed by atoms with Crippen LogP contribution in [0, 0.1) is 0 Å². The summed E-state index contributed by atoms with van der Waals surface area (Å²) in [5.74, 6) is 0. The zero-order chi connectivity index (χ0) is 43.7. The van der Waals surface area contributed by atoms with Crippen LogP contribution in [0.4, 0.5) is 17.1 Å². The fraction of sp³-hybridized carbons (Fsp3) is 0.0476. The Kier molecular flexibility index (Phi) is 8.14. The Balaban J connectivity index is 1.08. The number of thiophene rings is 2. The zero-order valence-corrected chi connectivity index (χ0v) is 38.1. The Morgan fingerprint density at radius 2 is 0.803 bits per heavy atom. The van der Waals surface area contributed by atoms with Crippen molar-refractivity contribution >= 4 is 112 Å². The molecule has 0 atom stereocenters. The summed E-state index contributed by atoms with van der Waals surface area (Å²) in [6.45, 7) is 4.77. The molecule has 0 N–H and O–H groups in total. The molecule has 0 saturated heterocycles. The van der Waals surface area contributed by atoms with Crippen LogP contribution in [0.2, 0.25) is 0 Å². The first-order chi connectivity index (χ1) is 32.5. The second-order valence-electron chi connectivity index (χ2n) is 18.4. The molecule has 0 spiro atoms. The van der Waals surface area contributed by atoms with Crippen molar-refractivity contribution in [3.05, 3.63) is 223 Å². The Morgan fingerprint density at radius 3 is 1.48 bits per heavy atom. The van der Waals surface area contributed by atoms with Gasteiger partial charge in [0.2, 0.25) is 0 Å². The van der Waals surface area contributed by atoms with Crippen molar-refractivity contribution in [2.45, 2.75) is 19.3 Å². The van der Waals surface area contributed by atoms with Crippen LogP contribution < -0.4 is 4.90 Å². The monoisotopic (exact) mass is 875 g/mol. The van der Waals surface area contributed by atoms with Gasteiger partial charge in [-0.3, -0.25) is 0 Å². The van der Waals surface area contributed by atoms with Crippen LogP contribution >= 0.6 is 22.7 Å². The highest BCUT2D eigenvalue weighted by molar-refractivity contribution is 7.26. The molecule has 0 aliphatic heterocycles. The van der Waals surface area contributed by atoms with Crippen molar-refractivity contribution in [2.24, 2.45) is 0 Å². The minimum Gasteiger partial charge on any atom is -0.310 e. The molecular weight excluding hydrogens is 835 g/mol. The molecule has 0 unspecified atom stereocenters. The topological polar surface area (TPSA) is 3.24 Å². The van der Waals surface area contributed by atoms with Gasteiger partial charge in [-0.25, -0.2) is 0 Å². The van der Waals surface area contributed by atoms with E-state index in [1.807, 2.05) is 22.7 Å². The Labute approximate surface area is 391 Å². The van der Waals surface area contributed by atoms with Gasteiger partial charge in [-0.2, -0.15) is 0 Å². The maximum Gasteiger partial charge on any atom is 0.0546 e. The van der Waals surface area contributed by atoms with Crippen molar-refractivity contribution < 1.29 is 0 Å². The van der Waals surface area contributed by atoms with Crippen molar-refractivity contribution in [2.75, 3.05) is 4.90 Å². The highest BCUT2D eigenvalue weighted by Gasteiger charge is 2.36. The van der Waals surface area contributed by atoms with E-state index in [1.54, 1.807) is 0 Å². The van der Waals surface area contributed by atoms with Gasteiger partial charge in [0.25, 0.3) is 0 Å². The molecule has 0 bridgehead atoms. The maximum atomic E-state index is 2.55. The lowest BCUT2D eigenvalue weighted by molar-refractivity contribution is 0.660. The summed E-state index contributed by atoms with van der Waals surface area (Å²) < 4.78 is 5.26. The Morgan fingerprint density at radius 1 is 0.303 bits per heavy atom. The molecule has 14 rings (SSSR count). The second-order valence-corrected chi connectivity index (χ2v) is 20.6. The molecule has 66 heavy (non-hydrogen) atoms. The van der Waals surface area contributed by atoms with Gasteiger partial charge < -0.3 is 4.90 Å². The molecule has 0 radical (unpaired) electrons. The van der Waals surface area contributed by atoms with Crippen LogP contribution in [0.3, 0.4) is 0 Å². The number of hydrogen-bond acceptors (Lipinski definition) is 3. The molecule has 13 aromatic rings. The first-order valence-corrected chi connectivity index (χ1v) is 24.4. The number of benzene rings is 11. The fourth-order valence-corrected chi connectivity index (χ4v) is 13.4. The van der Waals surface area contributed by atoms with Crippen LogP contribution in [-0.2, 0) is 5.41 Å². The molecule has 310 valence electrons. The van der Waals surface area contributed by atoms with Gasteiger partial charge in [-0.15, -0.1) is 22.7 Å². The predicted octanol–water partition coefficient (Wildman–Crippen LogP) is 19.0. The molecule has 1 aliphatic carbocycles. The quantitative estimate of drug-likeness (QED) is 0.156. The van der Waals surface area contributed by atoms with Crippen LogP contribution in [0.15, 0.2) is 212 Å². The smallest absolute Gasteiger partial charge is 0.0546 e. The summed E-state index contributed by atoms with van der Waals surface area (Å²) in [4.78, 5) is 2.55. The summed E-state index contributed by atoms with van der Waals surface area (Å²) in [5, 5.41) is 12.8. The average molecular weight is 876 g/mol. The number of fused-ring (bicyclic) bond motifs is 15. The second kappa shape index (κ2) is 14.2. The molecule has 0 saturated carbocycles. The fourth-order valence-electron chi connectivity index (χ4n) is 11.2. The van der Waals surface area contributed by atoms with E-state index in [9.17, 15) is 0 Å². The van der Waals surface area contributed by atoms with E-state index < -0.39 is 0 Å². The number of nitrogens with zero attached hydrogens (tertiary/aromatic N) is 1. The van der Waals surface area contributed by atoms with Crippen molar-refractivity contribution in [1.82, 2.24) is 0 Å². The predicted molar refractivity (Wildman–Crippen MR) is 288 cm³/mol. The molecule has 1 aliphatic rings. The maximum absolute atomic E-state index is 2.55. The van der Waals surface area contributed by atoms with E-state index in [-0.39, 0.29) is 5.41 Å². The highest BCUT2D eigenvalue weighted by atomic mass is 32.1. The third-order valence-electron chi connectivity index (χ3n) is 14.4. The van der Waals surface area contributed by atoms with Crippen LogP contribution in [0.1, 0.15) is 25.0 Å².